The Balaban J connectivity index is 2.63. The van der Waals surface area contributed by atoms with Gasteiger partial charge in [-0.05, 0) is 30.5 Å². The molecule has 1 N–H and O–H groups in total. The molecular weight excluding hydrogens is 202 g/mol. The summed E-state index contributed by atoms with van der Waals surface area (Å²) in [7, 11) is 1.64. The molecule has 3 nitrogen and oxygen atoms in total. The SMILES string of the molecule is CCCNC(=O)Cc1ccc(C)c(OC)c1. The largest absolute Gasteiger partial charge is 0.496 e. The summed E-state index contributed by atoms with van der Waals surface area (Å²) in [5.74, 6) is 0.897. The fourth-order valence-corrected chi connectivity index (χ4v) is 1.49. The van der Waals surface area contributed by atoms with E-state index in [0.717, 1.165) is 29.8 Å². The van der Waals surface area contributed by atoms with E-state index < -0.39 is 0 Å². The van der Waals surface area contributed by atoms with Crippen LogP contribution in [0.5, 0.6) is 5.75 Å². The first-order valence-corrected chi connectivity index (χ1v) is 5.57. The maximum Gasteiger partial charge on any atom is 0.224 e. The lowest BCUT2D eigenvalue weighted by Gasteiger charge is -2.08. The molecule has 0 fully saturated rings. The van der Waals surface area contributed by atoms with E-state index in [4.69, 9.17) is 4.74 Å². The predicted octanol–water partition coefficient (Wildman–Crippen LogP) is 2.07. The Morgan fingerprint density at radius 2 is 2.19 bits per heavy atom. The van der Waals surface area contributed by atoms with Crippen molar-refractivity contribution in [2.24, 2.45) is 0 Å². The molecule has 0 aromatic heterocycles. The minimum absolute atomic E-state index is 0.0627. The number of carbonyl (C=O) groups is 1. The Hall–Kier alpha value is -1.51. The van der Waals surface area contributed by atoms with E-state index in [1.165, 1.54) is 0 Å². The summed E-state index contributed by atoms with van der Waals surface area (Å²) in [5, 5.41) is 2.85. The highest BCUT2D eigenvalue weighted by molar-refractivity contribution is 5.78. The number of rotatable bonds is 5. The number of ether oxygens (including phenoxy) is 1. The van der Waals surface area contributed by atoms with Gasteiger partial charge in [0.2, 0.25) is 5.91 Å². The van der Waals surface area contributed by atoms with Gasteiger partial charge in [-0.15, -0.1) is 0 Å². The van der Waals surface area contributed by atoms with Crippen LogP contribution >= 0.6 is 0 Å². The van der Waals surface area contributed by atoms with Crippen LogP contribution in [0.4, 0.5) is 0 Å². The first kappa shape index (κ1) is 12.6. The molecule has 0 unspecified atom stereocenters. The van der Waals surface area contributed by atoms with Crippen molar-refractivity contribution in [2.45, 2.75) is 26.7 Å². The summed E-state index contributed by atoms with van der Waals surface area (Å²) in [5.41, 5.74) is 2.07. The third kappa shape index (κ3) is 3.57. The summed E-state index contributed by atoms with van der Waals surface area (Å²) >= 11 is 0. The minimum Gasteiger partial charge on any atom is -0.496 e. The van der Waals surface area contributed by atoms with Gasteiger partial charge in [-0.25, -0.2) is 0 Å². The number of carbonyl (C=O) groups excluding carboxylic acids is 1. The summed E-state index contributed by atoms with van der Waals surface area (Å²) in [6.07, 6.45) is 1.37. The van der Waals surface area contributed by atoms with Crippen LogP contribution in [0.15, 0.2) is 18.2 Å². The molecule has 0 saturated carbocycles. The fraction of sp³-hybridized carbons (Fsp3) is 0.462. The van der Waals surface area contributed by atoms with Gasteiger partial charge < -0.3 is 10.1 Å². The highest BCUT2D eigenvalue weighted by Crippen LogP contribution is 2.19. The number of benzene rings is 1. The van der Waals surface area contributed by atoms with Crippen molar-refractivity contribution in [1.82, 2.24) is 5.32 Å². The maximum absolute atomic E-state index is 11.5. The summed E-state index contributed by atoms with van der Waals surface area (Å²) in [4.78, 5) is 11.5. The Kier molecular flexibility index (Phi) is 4.83. The van der Waals surface area contributed by atoms with E-state index in [9.17, 15) is 4.79 Å². The van der Waals surface area contributed by atoms with Gasteiger partial charge in [0.25, 0.3) is 0 Å². The third-order valence-corrected chi connectivity index (χ3v) is 2.41. The number of aryl methyl sites for hydroxylation is 1. The van der Waals surface area contributed by atoms with Gasteiger partial charge in [0.15, 0.2) is 0 Å². The molecule has 0 atom stereocenters. The molecule has 0 radical (unpaired) electrons. The van der Waals surface area contributed by atoms with Gasteiger partial charge in [0.1, 0.15) is 5.75 Å². The monoisotopic (exact) mass is 221 g/mol. The van der Waals surface area contributed by atoms with Crippen molar-refractivity contribution in [2.75, 3.05) is 13.7 Å². The molecule has 0 saturated heterocycles. The molecule has 3 heteroatoms. The smallest absolute Gasteiger partial charge is 0.224 e. The van der Waals surface area contributed by atoms with Crippen LogP contribution in [0, 0.1) is 6.92 Å². The minimum atomic E-state index is 0.0627. The molecule has 0 aliphatic rings. The predicted molar refractivity (Wildman–Crippen MR) is 64.7 cm³/mol. The van der Waals surface area contributed by atoms with Crippen LogP contribution < -0.4 is 10.1 Å². The van der Waals surface area contributed by atoms with Crippen molar-refractivity contribution < 1.29 is 9.53 Å². The van der Waals surface area contributed by atoms with Crippen LogP contribution in [0.2, 0.25) is 0 Å². The molecule has 1 amide bonds. The highest BCUT2D eigenvalue weighted by Gasteiger charge is 2.05. The van der Waals surface area contributed by atoms with E-state index in [2.05, 4.69) is 5.32 Å². The van der Waals surface area contributed by atoms with Gasteiger partial charge in [-0.3, -0.25) is 4.79 Å². The Bertz CT molecular complexity index is 361. The number of methoxy groups -OCH3 is 1. The van der Waals surface area contributed by atoms with E-state index >= 15 is 0 Å². The quantitative estimate of drug-likeness (QED) is 0.826. The zero-order valence-electron chi connectivity index (χ0n) is 10.2. The molecule has 16 heavy (non-hydrogen) atoms. The average molecular weight is 221 g/mol. The molecule has 0 aliphatic heterocycles. The van der Waals surface area contributed by atoms with Gasteiger partial charge in [-0.2, -0.15) is 0 Å². The van der Waals surface area contributed by atoms with Crippen molar-refractivity contribution in [3.05, 3.63) is 29.3 Å². The van der Waals surface area contributed by atoms with E-state index in [1.54, 1.807) is 7.11 Å². The molecule has 0 aliphatic carbocycles. The van der Waals surface area contributed by atoms with Crippen LogP contribution in [0.3, 0.4) is 0 Å². The molecule has 1 aromatic carbocycles. The van der Waals surface area contributed by atoms with Gasteiger partial charge in [0.05, 0.1) is 13.5 Å². The standard InChI is InChI=1S/C13H19NO2/c1-4-7-14-13(15)9-11-6-5-10(2)12(8-11)16-3/h5-6,8H,4,7,9H2,1-3H3,(H,14,15). The molecular formula is C13H19NO2. The van der Waals surface area contributed by atoms with Crippen LogP contribution in [-0.4, -0.2) is 19.6 Å². The van der Waals surface area contributed by atoms with Gasteiger partial charge in [-0.1, -0.05) is 19.1 Å². The maximum atomic E-state index is 11.5. The molecule has 0 heterocycles. The fourth-order valence-electron chi connectivity index (χ4n) is 1.49. The number of hydrogen-bond acceptors (Lipinski definition) is 2. The summed E-state index contributed by atoms with van der Waals surface area (Å²) < 4.78 is 5.22. The summed E-state index contributed by atoms with van der Waals surface area (Å²) in [6, 6.07) is 5.85. The Morgan fingerprint density at radius 3 is 2.81 bits per heavy atom. The molecule has 0 spiro atoms. The first-order valence-electron chi connectivity index (χ1n) is 5.57. The lowest BCUT2D eigenvalue weighted by Crippen LogP contribution is -2.25. The second-order valence-electron chi connectivity index (χ2n) is 3.83. The van der Waals surface area contributed by atoms with Crippen molar-refractivity contribution in [3.8, 4) is 5.75 Å². The molecule has 1 aromatic rings. The van der Waals surface area contributed by atoms with E-state index in [0.29, 0.717) is 6.42 Å². The van der Waals surface area contributed by atoms with Gasteiger partial charge in [0, 0.05) is 6.54 Å². The first-order chi connectivity index (χ1) is 7.67. The van der Waals surface area contributed by atoms with E-state index in [1.807, 2.05) is 32.0 Å². The van der Waals surface area contributed by atoms with Gasteiger partial charge >= 0.3 is 0 Å². The second-order valence-corrected chi connectivity index (χ2v) is 3.83. The number of nitrogens with one attached hydrogen (secondary N) is 1. The van der Waals surface area contributed by atoms with Crippen molar-refractivity contribution in [1.29, 1.82) is 0 Å². The molecule has 0 bridgehead atoms. The zero-order valence-corrected chi connectivity index (χ0v) is 10.2. The van der Waals surface area contributed by atoms with Crippen LogP contribution in [0.25, 0.3) is 0 Å². The van der Waals surface area contributed by atoms with Crippen molar-refractivity contribution in [3.63, 3.8) is 0 Å². The zero-order chi connectivity index (χ0) is 12.0. The highest BCUT2D eigenvalue weighted by atomic mass is 16.5. The second kappa shape index (κ2) is 6.16. The average Bonchev–Trinajstić information content (AvgIpc) is 2.29. The number of hydrogen-bond donors (Lipinski definition) is 1. The molecule has 1 rings (SSSR count). The van der Waals surface area contributed by atoms with E-state index in [-0.39, 0.29) is 5.91 Å². The summed E-state index contributed by atoms with van der Waals surface area (Å²) in [6.45, 7) is 4.76. The normalized spacial score (nSPS) is 9.94. The van der Waals surface area contributed by atoms with Crippen LogP contribution in [-0.2, 0) is 11.2 Å². The lowest BCUT2D eigenvalue weighted by molar-refractivity contribution is -0.120. The Morgan fingerprint density at radius 1 is 1.44 bits per heavy atom. The van der Waals surface area contributed by atoms with Crippen LogP contribution in [0.1, 0.15) is 24.5 Å². The van der Waals surface area contributed by atoms with Crippen molar-refractivity contribution >= 4 is 5.91 Å². The Labute approximate surface area is 96.8 Å². The lowest BCUT2D eigenvalue weighted by atomic mass is 10.1. The molecule has 88 valence electrons. The third-order valence-electron chi connectivity index (χ3n) is 2.41. The number of amides is 1. The topological polar surface area (TPSA) is 38.3 Å².